The molecule has 2 N–H and O–H groups in total. The van der Waals surface area contributed by atoms with Crippen molar-refractivity contribution in [1.82, 2.24) is 5.32 Å². The molecule has 0 bridgehead atoms. The fourth-order valence-corrected chi connectivity index (χ4v) is 3.81. The predicted molar refractivity (Wildman–Crippen MR) is 78.5 cm³/mol. The van der Waals surface area contributed by atoms with Crippen LogP contribution in [0.2, 0.25) is 0 Å². The van der Waals surface area contributed by atoms with Gasteiger partial charge in [-0.15, -0.1) is 11.3 Å². The second-order valence-corrected chi connectivity index (χ2v) is 6.71. The molecule has 4 nitrogen and oxygen atoms in total. The van der Waals surface area contributed by atoms with Crippen LogP contribution in [0.1, 0.15) is 44.0 Å². The minimum atomic E-state index is -0.847. The van der Waals surface area contributed by atoms with Gasteiger partial charge in [0.1, 0.15) is 0 Å². The number of carboxylic acid groups (broad SMARTS) is 1. The summed E-state index contributed by atoms with van der Waals surface area (Å²) in [5, 5.41) is 14.2. The quantitative estimate of drug-likeness (QED) is 0.877. The molecule has 3 atom stereocenters. The van der Waals surface area contributed by atoms with E-state index in [0.717, 1.165) is 11.3 Å². The Labute approximate surface area is 123 Å². The van der Waals surface area contributed by atoms with Crippen molar-refractivity contribution < 1.29 is 14.7 Å². The molecule has 0 radical (unpaired) electrons. The average molecular weight is 295 g/mol. The summed E-state index contributed by atoms with van der Waals surface area (Å²) >= 11 is 1.62. The van der Waals surface area contributed by atoms with Crippen molar-refractivity contribution in [2.24, 2.45) is 17.8 Å². The Morgan fingerprint density at radius 3 is 2.60 bits per heavy atom. The Morgan fingerprint density at radius 2 is 2.05 bits per heavy atom. The number of aliphatic carboxylic acids is 1. The zero-order chi connectivity index (χ0) is 14.7. The summed E-state index contributed by atoms with van der Waals surface area (Å²) in [5.74, 6) is -1.58. The van der Waals surface area contributed by atoms with Crippen molar-refractivity contribution in [2.75, 3.05) is 0 Å². The van der Waals surface area contributed by atoms with Crippen LogP contribution < -0.4 is 5.32 Å². The normalized spacial score (nSPS) is 23.8. The molecule has 1 heterocycles. The summed E-state index contributed by atoms with van der Waals surface area (Å²) in [4.78, 5) is 24.7. The molecule has 20 heavy (non-hydrogen) atoms. The number of carbonyl (C=O) groups excluding carboxylic acids is 1. The summed E-state index contributed by atoms with van der Waals surface area (Å²) in [6, 6.07) is 3.95. The Morgan fingerprint density at radius 1 is 1.35 bits per heavy atom. The Kier molecular flexibility index (Phi) is 4.81. The van der Waals surface area contributed by atoms with E-state index in [1.54, 1.807) is 11.3 Å². The minimum absolute atomic E-state index is 0.0301. The van der Waals surface area contributed by atoms with Crippen LogP contribution in [0.4, 0.5) is 0 Å². The van der Waals surface area contributed by atoms with Crippen molar-refractivity contribution in [3.63, 3.8) is 0 Å². The van der Waals surface area contributed by atoms with E-state index < -0.39 is 11.9 Å². The third-order valence-corrected chi connectivity index (χ3v) is 4.94. The molecule has 3 unspecified atom stereocenters. The van der Waals surface area contributed by atoms with E-state index in [4.69, 9.17) is 0 Å². The van der Waals surface area contributed by atoms with Gasteiger partial charge in [-0.1, -0.05) is 26.3 Å². The Bertz CT molecular complexity index is 469. The average Bonchev–Trinajstić information content (AvgIpc) is 3.05. The molecule has 5 heteroatoms. The highest BCUT2D eigenvalue weighted by Crippen LogP contribution is 2.33. The van der Waals surface area contributed by atoms with E-state index in [1.165, 1.54) is 0 Å². The van der Waals surface area contributed by atoms with Crippen LogP contribution in [0.15, 0.2) is 17.5 Å². The molecule has 0 spiro atoms. The molecule has 0 aliphatic heterocycles. The fourth-order valence-electron chi connectivity index (χ4n) is 2.86. The van der Waals surface area contributed by atoms with E-state index >= 15 is 0 Å². The first-order valence-corrected chi connectivity index (χ1v) is 7.95. The molecular weight excluding hydrogens is 274 g/mol. The minimum Gasteiger partial charge on any atom is -0.481 e. The second kappa shape index (κ2) is 6.39. The van der Waals surface area contributed by atoms with Gasteiger partial charge >= 0.3 is 5.97 Å². The van der Waals surface area contributed by atoms with E-state index in [2.05, 4.69) is 19.2 Å². The smallest absolute Gasteiger partial charge is 0.307 e. The molecule has 1 amide bonds. The SMILES string of the molecule is CC(C)C(NC(=O)C1CCCC1C(=O)O)c1cccs1. The molecule has 0 aromatic carbocycles. The predicted octanol–water partition coefficient (Wildman–Crippen LogP) is 3.06. The molecule has 1 fully saturated rings. The number of hydrogen-bond acceptors (Lipinski definition) is 3. The van der Waals surface area contributed by atoms with Gasteiger partial charge < -0.3 is 10.4 Å². The topological polar surface area (TPSA) is 66.4 Å². The monoisotopic (exact) mass is 295 g/mol. The van der Waals surface area contributed by atoms with Gasteiger partial charge in [-0.05, 0) is 30.2 Å². The van der Waals surface area contributed by atoms with Gasteiger partial charge in [0.15, 0.2) is 0 Å². The number of amides is 1. The Hall–Kier alpha value is -1.36. The fraction of sp³-hybridized carbons (Fsp3) is 0.600. The van der Waals surface area contributed by atoms with Crippen molar-refractivity contribution in [2.45, 2.75) is 39.2 Å². The van der Waals surface area contributed by atoms with Crippen LogP contribution in [-0.2, 0) is 9.59 Å². The summed E-state index contributed by atoms with van der Waals surface area (Å²) in [7, 11) is 0. The maximum atomic E-state index is 12.4. The standard InChI is InChI=1S/C15H21NO3S/c1-9(2)13(12-7-4-8-20-12)16-14(17)10-5-3-6-11(10)15(18)19/h4,7-11,13H,3,5-6H2,1-2H3,(H,16,17)(H,18,19). The lowest BCUT2D eigenvalue weighted by atomic mass is 9.94. The number of rotatable bonds is 5. The van der Waals surface area contributed by atoms with Crippen LogP contribution in [0.3, 0.4) is 0 Å². The molecule has 2 rings (SSSR count). The number of carboxylic acids is 1. The number of hydrogen-bond donors (Lipinski definition) is 2. The first-order valence-electron chi connectivity index (χ1n) is 7.07. The van der Waals surface area contributed by atoms with Gasteiger partial charge in [0, 0.05) is 4.88 Å². The first kappa shape index (κ1) is 15.0. The third kappa shape index (κ3) is 3.20. The first-order chi connectivity index (χ1) is 9.50. The van der Waals surface area contributed by atoms with E-state index in [0.29, 0.717) is 12.8 Å². The van der Waals surface area contributed by atoms with Crippen molar-refractivity contribution in [1.29, 1.82) is 0 Å². The summed E-state index contributed by atoms with van der Waals surface area (Å²) in [6.45, 7) is 4.13. The van der Waals surface area contributed by atoms with Crippen LogP contribution in [0, 0.1) is 17.8 Å². The van der Waals surface area contributed by atoms with Crippen LogP contribution in [-0.4, -0.2) is 17.0 Å². The molecule has 1 aliphatic carbocycles. The summed E-state index contributed by atoms with van der Waals surface area (Å²) in [5.41, 5.74) is 0. The van der Waals surface area contributed by atoms with Gasteiger partial charge in [-0.2, -0.15) is 0 Å². The van der Waals surface area contributed by atoms with Gasteiger partial charge in [-0.25, -0.2) is 0 Å². The zero-order valence-corrected chi connectivity index (χ0v) is 12.7. The van der Waals surface area contributed by atoms with Crippen LogP contribution in [0.25, 0.3) is 0 Å². The lowest BCUT2D eigenvalue weighted by Gasteiger charge is -2.24. The van der Waals surface area contributed by atoms with Crippen molar-refractivity contribution >= 4 is 23.2 Å². The summed E-state index contributed by atoms with van der Waals surface area (Å²) < 4.78 is 0. The molecule has 0 saturated heterocycles. The van der Waals surface area contributed by atoms with Gasteiger partial charge in [0.2, 0.25) is 5.91 Å². The third-order valence-electron chi connectivity index (χ3n) is 3.98. The van der Waals surface area contributed by atoms with Gasteiger partial charge in [0.05, 0.1) is 17.9 Å². The maximum absolute atomic E-state index is 12.4. The summed E-state index contributed by atoms with van der Waals surface area (Å²) in [6.07, 6.45) is 2.11. The van der Waals surface area contributed by atoms with Crippen molar-refractivity contribution in [3.8, 4) is 0 Å². The van der Waals surface area contributed by atoms with E-state index in [1.807, 2.05) is 17.5 Å². The van der Waals surface area contributed by atoms with E-state index in [-0.39, 0.29) is 23.8 Å². The van der Waals surface area contributed by atoms with Gasteiger partial charge in [0.25, 0.3) is 0 Å². The van der Waals surface area contributed by atoms with Gasteiger partial charge in [-0.3, -0.25) is 9.59 Å². The highest BCUT2D eigenvalue weighted by molar-refractivity contribution is 7.10. The molecule has 1 aliphatic rings. The zero-order valence-electron chi connectivity index (χ0n) is 11.8. The molecule has 1 aromatic rings. The second-order valence-electron chi connectivity index (χ2n) is 5.73. The number of thiophene rings is 1. The highest BCUT2D eigenvalue weighted by atomic mass is 32.1. The molecule has 110 valence electrons. The Balaban J connectivity index is 2.07. The largest absolute Gasteiger partial charge is 0.481 e. The van der Waals surface area contributed by atoms with Crippen LogP contribution >= 0.6 is 11.3 Å². The number of carbonyl (C=O) groups is 2. The molecule has 1 aromatic heterocycles. The molecular formula is C15H21NO3S. The van der Waals surface area contributed by atoms with Crippen molar-refractivity contribution in [3.05, 3.63) is 22.4 Å². The maximum Gasteiger partial charge on any atom is 0.307 e. The van der Waals surface area contributed by atoms with E-state index in [9.17, 15) is 14.7 Å². The van der Waals surface area contributed by atoms with Crippen LogP contribution in [0.5, 0.6) is 0 Å². The molecule has 1 saturated carbocycles. The highest BCUT2D eigenvalue weighted by Gasteiger charge is 2.38. The lowest BCUT2D eigenvalue weighted by molar-refractivity contribution is -0.146. The number of nitrogens with one attached hydrogen (secondary N) is 1. The lowest BCUT2D eigenvalue weighted by Crippen LogP contribution is -2.38.